The molecule has 0 saturated carbocycles. The van der Waals surface area contributed by atoms with Gasteiger partial charge in [-0.3, -0.25) is 0 Å². The Balaban J connectivity index is 2.89. The number of rotatable bonds is 0. The lowest BCUT2D eigenvalue weighted by Gasteiger charge is -1.95. The molecule has 0 heterocycles. The Hall–Kier alpha value is -0.340. The van der Waals surface area contributed by atoms with Gasteiger partial charge in [-0.2, -0.15) is 0 Å². The number of hydrogen-bond acceptors (Lipinski definition) is 2. The lowest BCUT2D eigenvalue weighted by atomic mass is 10.2. The fraction of sp³-hybridized carbons (Fsp3) is 0. The monoisotopic (exact) mass is 140 g/mol. The highest BCUT2D eigenvalue weighted by molar-refractivity contribution is 7.90. The molecule has 0 unspecified atom stereocenters. The van der Waals surface area contributed by atoms with Crippen LogP contribution in [-0.2, 0) is 0 Å². The van der Waals surface area contributed by atoms with Gasteiger partial charge in [-0.15, -0.1) is 0 Å². The van der Waals surface area contributed by atoms with E-state index in [0.717, 1.165) is 9.73 Å². The molecular weight excluding hydrogens is 136 g/mol. The van der Waals surface area contributed by atoms with Gasteiger partial charge in [0.05, 0.1) is 9.73 Å². The summed E-state index contributed by atoms with van der Waals surface area (Å²) in [5.41, 5.74) is 0. The van der Waals surface area contributed by atoms with Gasteiger partial charge in [0.2, 0.25) is 0 Å². The molecule has 8 heavy (non-hydrogen) atoms. The van der Waals surface area contributed by atoms with Crippen molar-refractivity contribution in [2.45, 2.75) is 0 Å². The summed E-state index contributed by atoms with van der Waals surface area (Å²) in [6, 6.07) is 0. The predicted molar refractivity (Wildman–Crippen MR) is 43.5 cm³/mol. The first-order valence-electron chi connectivity index (χ1n) is 2.24. The second kappa shape index (κ2) is 2.29. The first-order chi connectivity index (χ1) is 3.80. The van der Waals surface area contributed by atoms with E-state index in [-0.39, 0.29) is 0 Å². The highest BCUT2D eigenvalue weighted by Crippen LogP contribution is 1.96. The molecule has 0 N–H and O–H groups in total. The van der Waals surface area contributed by atoms with Crippen LogP contribution in [0.15, 0.2) is 24.3 Å². The van der Waals surface area contributed by atoms with Gasteiger partial charge in [0.15, 0.2) is 0 Å². The van der Waals surface area contributed by atoms with E-state index in [2.05, 4.69) is 0 Å². The van der Waals surface area contributed by atoms with Crippen LogP contribution < -0.4 is 0 Å². The van der Waals surface area contributed by atoms with E-state index in [1.165, 1.54) is 0 Å². The number of allylic oxidation sites excluding steroid dienone is 4. The summed E-state index contributed by atoms with van der Waals surface area (Å²) >= 11 is 9.70. The smallest absolute Gasteiger partial charge is 0.0557 e. The maximum Gasteiger partial charge on any atom is 0.0557 e. The maximum absolute atomic E-state index is 4.85. The summed E-state index contributed by atoms with van der Waals surface area (Å²) in [4.78, 5) is 1.53. The van der Waals surface area contributed by atoms with Crippen LogP contribution in [-0.4, -0.2) is 9.73 Å². The minimum Gasteiger partial charge on any atom is -0.0785 e. The van der Waals surface area contributed by atoms with Crippen molar-refractivity contribution in [2.24, 2.45) is 0 Å². The van der Waals surface area contributed by atoms with Crippen LogP contribution in [0.4, 0.5) is 0 Å². The minimum atomic E-state index is 0.766. The number of thiocarbonyl (C=S) groups is 2. The van der Waals surface area contributed by atoms with E-state index in [9.17, 15) is 0 Å². The Bertz CT molecular complexity index is 165. The largest absolute Gasteiger partial charge is 0.0785 e. The zero-order chi connectivity index (χ0) is 5.98. The van der Waals surface area contributed by atoms with Crippen molar-refractivity contribution < 1.29 is 0 Å². The van der Waals surface area contributed by atoms with Gasteiger partial charge in [0, 0.05) is 0 Å². The van der Waals surface area contributed by atoms with E-state index in [4.69, 9.17) is 24.4 Å². The molecule has 0 saturated heterocycles. The zero-order valence-electron chi connectivity index (χ0n) is 4.13. The standard InChI is InChI=1S/C6H4S2/c7-5-3-1-2-4-6(5)8/h1-4H. The minimum absolute atomic E-state index is 0.766. The van der Waals surface area contributed by atoms with Crippen LogP contribution in [0.25, 0.3) is 0 Å². The van der Waals surface area contributed by atoms with Gasteiger partial charge >= 0.3 is 0 Å². The van der Waals surface area contributed by atoms with E-state index >= 15 is 0 Å². The SMILES string of the molecule is S=C1C=CC=CC1=S. The second-order valence-corrected chi connectivity index (χ2v) is 2.33. The lowest BCUT2D eigenvalue weighted by molar-refractivity contribution is 2.01. The molecule has 1 aliphatic rings. The first-order valence-corrected chi connectivity index (χ1v) is 3.05. The van der Waals surface area contributed by atoms with Crippen molar-refractivity contribution in [3.63, 3.8) is 0 Å². The summed E-state index contributed by atoms with van der Waals surface area (Å²) in [5, 5.41) is 0. The van der Waals surface area contributed by atoms with Crippen LogP contribution in [0.5, 0.6) is 0 Å². The Morgan fingerprint density at radius 3 is 1.50 bits per heavy atom. The topological polar surface area (TPSA) is 0 Å². The molecule has 0 aromatic carbocycles. The molecule has 0 bridgehead atoms. The second-order valence-electron chi connectivity index (χ2n) is 1.45. The summed E-state index contributed by atoms with van der Waals surface area (Å²) in [6.45, 7) is 0. The molecule has 0 radical (unpaired) electrons. The summed E-state index contributed by atoms with van der Waals surface area (Å²) in [5.74, 6) is 0. The van der Waals surface area contributed by atoms with Crippen molar-refractivity contribution in [1.82, 2.24) is 0 Å². The van der Waals surface area contributed by atoms with Crippen LogP contribution in [0.2, 0.25) is 0 Å². The average molecular weight is 140 g/mol. The van der Waals surface area contributed by atoms with Crippen molar-refractivity contribution in [2.75, 3.05) is 0 Å². The zero-order valence-corrected chi connectivity index (χ0v) is 5.76. The van der Waals surface area contributed by atoms with Gasteiger partial charge in [0.25, 0.3) is 0 Å². The first kappa shape index (κ1) is 5.79. The third-order valence-corrected chi connectivity index (χ3v) is 1.69. The molecule has 2 heteroatoms. The van der Waals surface area contributed by atoms with Crippen molar-refractivity contribution in [1.29, 1.82) is 0 Å². The molecule has 0 aromatic heterocycles. The van der Waals surface area contributed by atoms with Crippen molar-refractivity contribution in [3.8, 4) is 0 Å². The molecule has 40 valence electrons. The quantitative estimate of drug-likeness (QED) is 0.471. The molecule has 0 atom stereocenters. The third kappa shape index (κ3) is 1.08. The van der Waals surface area contributed by atoms with Gasteiger partial charge in [-0.25, -0.2) is 0 Å². The average Bonchev–Trinajstić information content (AvgIpc) is 1.77. The third-order valence-electron chi connectivity index (χ3n) is 0.849. The highest BCUT2D eigenvalue weighted by Gasteiger charge is 1.96. The van der Waals surface area contributed by atoms with E-state index in [1.807, 2.05) is 24.3 Å². The van der Waals surface area contributed by atoms with Crippen LogP contribution in [0.3, 0.4) is 0 Å². The molecule has 1 aliphatic carbocycles. The molecule has 0 nitrogen and oxygen atoms in total. The molecule has 0 amide bonds. The molecule has 0 fully saturated rings. The van der Waals surface area contributed by atoms with Crippen LogP contribution in [0.1, 0.15) is 0 Å². The summed E-state index contributed by atoms with van der Waals surface area (Å²) in [7, 11) is 0. The van der Waals surface area contributed by atoms with Gasteiger partial charge in [-0.05, 0) is 12.2 Å². The van der Waals surface area contributed by atoms with Gasteiger partial charge in [-0.1, -0.05) is 36.6 Å². The lowest BCUT2D eigenvalue weighted by Crippen LogP contribution is -2.03. The molecule has 0 aromatic rings. The molecule has 0 spiro atoms. The summed E-state index contributed by atoms with van der Waals surface area (Å²) in [6.07, 6.45) is 7.44. The summed E-state index contributed by atoms with van der Waals surface area (Å²) < 4.78 is 0. The van der Waals surface area contributed by atoms with Crippen molar-refractivity contribution in [3.05, 3.63) is 24.3 Å². The van der Waals surface area contributed by atoms with Gasteiger partial charge < -0.3 is 0 Å². The Morgan fingerprint density at radius 1 is 0.875 bits per heavy atom. The van der Waals surface area contributed by atoms with Crippen LogP contribution in [0, 0.1) is 0 Å². The van der Waals surface area contributed by atoms with E-state index < -0.39 is 0 Å². The Morgan fingerprint density at radius 2 is 1.25 bits per heavy atom. The van der Waals surface area contributed by atoms with E-state index in [0.29, 0.717) is 0 Å². The highest BCUT2D eigenvalue weighted by atomic mass is 32.1. The Kier molecular flexibility index (Phi) is 1.65. The fourth-order valence-corrected chi connectivity index (χ4v) is 0.743. The maximum atomic E-state index is 4.85. The number of hydrogen-bond donors (Lipinski definition) is 0. The molecule has 1 rings (SSSR count). The fourth-order valence-electron chi connectivity index (χ4n) is 0.450. The predicted octanol–water partition coefficient (Wildman–Crippen LogP) is 1.85. The van der Waals surface area contributed by atoms with E-state index in [1.54, 1.807) is 0 Å². The van der Waals surface area contributed by atoms with Gasteiger partial charge in [0.1, 0.15) is 0 Å². The van der Waals surface area contributed by atoms with Crippen LogP contribution >= 0.6 is 24.4 Å². The Labute approximate surface area is 58.9 Å². The molecular formula is C6H4S2. The normalized spacial score (nSPS) is 17.5. The van der Waals surface area contributed by atoms with Crippen molar-refractivity contribution >= 4 is 34.2 Å². The molecule has 0 aliphatic heterocycles.